The summed E-state index contributed by atoms with van der Waals surface area (Å²) in [5, 5.41) is 13.3. The van der Waals surface area contributed by atoms with E-state index in [2.05, 4.69) is 5.32 Å². The molecule has 0 radical (unpaired) electrons. The van der Waals surface area contributed by atoms with Gasteiger partial charge in [0.2, 0.25) is 6.79 Å². The maximum atomic E-state index is 10.1. The van der Waals surface area contributed by atoms with Gasteiger partial charge in [-0.05, 0) is 24.6 Å². The lowest BCUT2D eigenvalue weighted by Crippen LogP contribution is -2.12. The van der Waals surface area contributed by atoms with E-state index in [1.807, 2.05) is 49.4 Å². The van der Waals surface area contributed by atoms with Crippen LogP contribution in [0.2, 0.25) is 0 Å². The van der Waals surface area contributed by atoms with E-state index < -0.39 is 6.10 Å². The van der Waals surface area contributed by atoms with Crippen molar-refractivity contribution in [3.05, 3.63) is 53.6 Å². The van der Waals surface area contributed by atoms with Crippen molar-refractivity contribution in [2.24, 2.45) is 0 Å². The molecule has 1 aliphatic rings. The Morgan fingerprint density at radius 1 is 1.10 bits per heavy atom. The second-order valence-electron chi connectivity index (χ2n) is 4.88. The number of benzene rings is 2. The Hall–Kier alpha value is -2.20. The summed E-state index contributed by atoms with van der Waals surface area (Å²) in [7, 11) is 0. The second kappa shape index (κ2) is 5.43. The van der Waals surface area contributed by atoms with Crippen LogP contribution in [0.3, 0.4) is 0 Å². The van der Waals surface area contributed by atoms with Gasteiger partial charge in [-0.15, -0.1) is 0 Å². The normalized spacial score (nSPS) is 14.1. The molecule has 20 heavy (non-hydrogen) atoms. The van der Waals surface area contributed by atoms with E-state index >= 15 is 0 Å². The first kappa shape index (κ1) is 12.8. The topological polar surface area (TPSA) is 50.7 Å². The fourth-order valence-electron chi connectivity index (χ4n) is 2.13. The summed E-state index contributed by atoms with van der Waals surface area (Å²) in [5.41, 5.74) is 2.99. The number of aliphatic hydroxyl groups excluding tert-OH is 1. The van der Waals surface area contributed by atoms with E-state index in [0.717, 1.165) is 22.7 Å². The zero-order valence-corrected chi connectivity index (χ0v) is 11.3. The largest absolute Gasteiger partial charge is 0.454 e. The average molecular weight is 271 g/mol. The molecule has 1 aliphatic heterocycles. The monoisotopic (exact) mass is 271 g/mol. The number of rotatable bonds is 4. The molecule has 0 bridgehead atoms. The van der Waals surface area contributed by atoms with Crippen LogP contribution in [0.25, 0.3) is 0 Å². The highest BCUT2D eigenvalue weighted by atomic mass is 16.7. The van der Waals surface area contributed by atoms with Crippen LogP contribution in [0.5, 0.6) is 11.5 Å². The lowest BCUT2D eigenvalue weighted by molar-refractivity contribution is 0.174. The second-order valence-corrected chi connectivity index (χ2v) is 4.88. The molecule has 0 aromatic heterocycles. The average Bonchev–Trinajstić information content (AvgIpc) is 2.93. The molecule has 1 unspecified atom stereocenters. The van der Waals surface area contributed by atoms with Crippen molar-refractivity contribution in [2.45, 2.75) is 13.0 Å². The minimum atomic E-state index is -0.541. The van der Waals surface area contributed by atoms with E-state index in [4.69, 9.17) is 9.47 Å². The van der Waals surface area contributed by atoms with Crippen molar-refractivity contribution >= 4 is 5.69 Å². The highest BCUT2D eigenvalue weighted by molar-refractivity contribution is 5.55. The van der Waals surface area contributed by atoms with Crippen molar-refractivity contribution in [2.75, 3.05) is 18.7 Å². The Kier molecular flexibility index (Phi) is 3.48. The lowest BCUT2D eigenvalue weighted by atomic mass is 10.1. The van der Waals surface area contributed by atoms with Crippen LogP contribution < -0.4 is 14.8 Å². The minimum absolute atomic E-state index is 0.269. The number of hydrogen-bond donors (Lipinski definition) is 2. The fraction of sp³-hybridized carbons (Fsp3) is 0.250. The Morgan fingerprint density at radius 3 is 2.65 bits per heavy atom. The summed E-state index contributed by atoms with van der Waals surface area (Å²) in [6.45, 7) is 2.74. The number of fused-ring (bicyclic) bond motifs is 1. The summed E-state index contributed by atoms with van der Waals surface area (Å²) in [4.78, 5) is 0. The van der Waals surface area contributed by atoms with E-state index in [1.165, 1.54) is 5.56 Å². The first-order chi connectivity index (χ1) is 9.72. The van der Waals surface area contributed by atoms with E-state index in [-0.39, 0.29) is 6.79 Å². The molecule has 2 aromatic rings. The van der Waals surface area contributed by atoms with Crippen molar-refractivity contribution in [1.82, 2.24) is 0 Å². The molecule has 2 N–H and O–H groups in total. The van der Waals surface area contributed by atoms with Crippen LogP contribution in [0.4, 0.5) is 5.69 Å². The van der Waals surface area contributed by atoms with Crippen molar-refractivity contribution < 1.29 is 14.6 Å². The van der Waals surface area contributed by atoms with Crippen LogP contribution in [-0.4, -0.2) is 18.4 Å². The highest BCUT2D eigenvalue weighted by Crippen LogP contribution is 2.34. The van der Waals surface area contributed by atoms with Gasteiger partial charge in [-0.3, -0.25) is 0 Å². The number of aryl methyl sites for hydroxylation is 1. The van der Waals surface area contributed by atoms with Crippen molar-refractivity contribution in [1.29, 1.82) is 0 Å². The molecule has 4 heteroatoms. The fourth-order valence-corrected chi connectivity index (χ4v) is 2.13. The number of aliphatic hydroxyl groups is 1. The van der Waals surface area contributed by atoms with Gasteiger partial charge >= 0.3 is 0 Å². The van der Waals surface area contributed by atoms with Gasteiger partial charge in [0.15, 0.2) is 11.5 Å². The third-order valence-corrected chi connectivity index (χ3v) is 3.33. The standard InChI is InChI=1S/C16H17NO3/c1-11-2-4-12(5-3-11)14(18)9-17-13-6-7-15-16(8-13)20-10-19-15/h2-8,14,17-18H,9-10H2,1H3. The first-order valence-electron chi connectivity index (χ1n) is 6.60. The summed E-state index contributed by atoms with van der Waals surface area (Å²) in [6.07, 6.45) is -0.541. The third-order valence-electron chi connectivity index (χ3n) is 3.33. The maximum Gasteiger partial charge on any atom is 0.231 e. The van der Waals surface area contributed by atoms with Gasteiger partial charge in [0, 0.05) is 18.3 Å². The van der Waals surface area contributed by atoms with E-state index in [0.29, 0.717) is 6.54 Å². The first-order valence-corrected chi connectivity index (χ1v) is 6.60. The zero-order chi connectivity index (χ0) is 13.9. The van der Waals surface area contributed by atoms with Crippen LogP contribution in [-0.2, 0) is 0 Å². The maximum absolute atomic E-state index is 10.1. The predicted molar refractivity (Wildman–Crippen MR) is 77.2 cm³/mol. The quantitative estimate of drug-likeness (QED) is 0.897. The summed E-state index contributed by atoms with van der Waals surface area (Å²) < 4.78 is 10.6. The highest BCUT2D eigenvalue weighted by Gasteiger charge is 2.13. The summed E-state index contributed by atoms with van der Waals surface area (Å²) >= 11 is 0. The molecule has 0 spiro atoms. The van der Waals surface area contributed by atoms with Gasteiger partial charge in [-0.25, -0.2) is 0 Å². The van der Waals surface area contributed by atoms with E-state index in [1.54, 1.807) is 0 Å². The molecule has 1 heterocycles. The molecular formula is C16H17NO3. The smallest absolute Gasteiger partial charge is 0.231 e. The molecule has 4 nitrogen and oxygen atoms in total. The van der Waals surface area contributed by atoms with Crippen molar-refractivity contribution in [3.8, 4) is 11.5 Å². The Labute approximate surface area is 118 Å². The van der Waals surface area contributed by atoms with E-state index in [9.17, 15) is 5.11 Å². The van der Waals surface area contributed by atoms with Gasteiger partial charge in [0.25, 0.3) is 0 Å². The SMILES string of the molecule is Cc1ccc(C(O)CNc2ccc3c(c2)OCO3)cc1. The molecule has 1 atom stereocenters. The molecule has 2 aromatic carbocycles. The van der Waals surface area contributed by atoms with Gasteiger partial charge in [0.05, 0.1) is 6.10 Å². The number of hydrogen-bond acceptors (Lipinski definition) is 4. The van der Waals surface area contributed by atoms with Gasteiger partial charge in [0.1, 0.15) is 0 Å². The molecule has 0 saturated heterocycles. The molecule has 3 rings (SSSR count). The Morgan fingerprint density at radius 2 is 1.85 bits per heavy atom. The Balaban J connectivity index is 1.63. The number of nitrogens with one attached hydrogen (secondary N) is 1. The minimum Gasteiger partial charge on any atom is -0.454 e. The Bertz CT molecular complexity index is 595. The molecule has 0 aliphatic carbocycles. The van der Waals surface area contributed by atoms with Crippen LogP contribution >= 0.6 is 0 Å². The molecule has 0 amide bonds. The molecular weight excluding hydrogens is 254 g/mol. The van der Waals surface area contributed by atoms with Gasteiger partial charge in [-0.2, -0.15) is 0 Å². The molecule has 104 valence electrons. The third kappa shape index (κ3) is 2.70. The van der Waals surface area contributed by atoms with Gasteiger partial charge < -0.3 is 19.9 Å². The molecule has 0 fully saturated rings. The number of anilines is 1. The van der Waals surface area contributed by atoms with Crippen LogP contribution in [0, 0.1) is 6.92 Å². The summed E-state index contributed by atoms with van der Waals surface area (Å²) in [6, 6.07) is 13.5. The summed E-state index contributed by atoms with van der Waals surface area (Å²) in [5.74, 6) is 1.49. The van der Waals surface area contributed by atoms with Crippen molar-refractivity contribution in [3.63, 3.8) is 0 Å². The zero-order valence-electron chi connectivity index (χ0n) is 11.3. The van der Waals surface area contributed by atoms with Gasteiger partial charge in [-0.1, -0.05) is 29.8 Å². The van der Waals surface area contributed by atoms with Crippen LogP contribution in [0.1, 0.15) is 17.2 Å². The lowest BCUT2D eigenvalue weighted by Gasteiger charge is -2.13. The van der Waals surface area contributed by atoms with Crippen LogP contribution in [0.15, 0.2) is 42.5 Å². The molecule has 0 saturated carbocycles. The number of ether oxygens (including phenoxy) is 2. The predicted octanol–water partition coefficient (Wildman–Crippen LogP) is 2.87.